The molecule has 0 aromatic heterocycles. The molecule has 82 valence electrons. The van der Waals surface area contributed by atoms with Gasteiger partial charge < -0.3 is 9.47 Å². The predicted octanol–water partition coefficient (Wildman–Crippen LogP) is 2.07. The fraction of sp³-hybridized carbons (Fsp3) is 0.364. The van der Waals surface area contributed by atoms with Crippen molar-refractivity contribution in [1.29, 1.82) is 0 Å². The maximum atomic E-state index is 13.1. The van der Waals surface area contributed by atoms with Gasteiger partial charge in [0.1, 0.15) is 11.6 Å². The Labute approximate surface area is 87.8 Å². The second-order valence-corrected chi connectivity index (χ2v) is 3.15. The molecule has 1 unspecified atom stereocenters. The molecule has 0 heterocycles. The van der Waals surface area contributed by atoms with Gasteiger partial charge in [-0.1, -0.05) is 6.07 Å². The minimum atomic E-state index is -0.740. The maximum Gasteiger partial charge on any atom is 0.346 e. The summed E-state index contributed by atoms with van der Waals surface area (Å²) >= 11 is 0. The van der Waals surface area contributed by atoms with Gasteiger partial charge in [-0.2, -0.15) is 0 Å². The van der Waals surface area contributed by atoms with Crippen molar-refractivity contribution in [1.82, 2.24) is 0 Å². The summed E-state index contributed by atoms with van der Waals surface area (Å²) in [4.78, 5) is 11.1. The molecule has 3 nitrogen and oxygen atoms in total. The van der Waals surface area contributed by atoms with Crippen LogP contribution in [0.15, 0.2) is 18.2 Å². The average Bonchev–Trinajstić information content (AvgIpc) is 2.23. The van der Waals surface area contributed by atoms with Crippen LogP contribution >= 0.6 is 0 Å². The van der Waals surface area contributed by atoms with Crippen molar-refractivity contribution in [2.24, 2.45) is 0 Å². The third-order valence-corrected chi connectivity index (χ3v) is 2.05. The van der Waals surface area contributed by atoms with Crippen molar-refractivity contribution in [3.05, 3.63) is 29.6 Å². The summed E-state index contributed by atoms with van der Waals surface area (Å²) in [5.74, 6) is -0.490. The van der Waals surface area contributed by atoms with Gasteiger partial charge in [-0.3, -0.25) is 0 Å². The van der Waals surface area contributed by atoms with Gasteiger partial charge in [-0.25, -0.2) is 9.18 Å². The molecule has 1 atom stereocenters. The van der Waals surface area contributed by atoms with Crippen LogP contribution in [-0.2, 0) is 9.53 Å². The molecular weight excluding hydrogens is 199 g/mol. The van der Waals surface area contributed by atoms with Crippen LogP contribution in [0.25, 0.3) is 0 Å². The van der Waals surface area contributed by atoms with Crippen LogP contribution in [0.4, 0.5) is 4.39 Å². The monoisotopic (exact) mass is 212 g/mol. The van der Waals surface area contributed by atoms with E-state index < -0.39 is 12.1 Å². The molecule has 1 rings (SSSR count). The first-order valence-corrected chi connectivity index (χ1v) is 4.56. The molecule has 0 aliphatic carbocycles. The second-order valence-electron chi connectivity index (χ2n) is 3.15. The van der Waals surface area contributed by atoms with Gasteiger partial charge in [0, 0.05) is 5.56 Å². The number of halogens is 1. The highest BCUT2D eigenvalue weighted by Gasteiger charge is 2.16. The molecule has 1 aromatic carbocycles. The first kappa shape index (κ1) is 11.5. The van der Waals surface area contributed by atoms with Gasteiger partial charge in [-0.15, -0.1) is 0 Å². The van der Waals surface area contributed by atoms with E-state index in [9.17, 15) is 9.18 Å². The first-order valence-electron chi connectivity index (χ1n) is 4.56. The van der Waals surface area contributed by atoms with Gasteiger partial charge in [0.2, 0.25) is 0 Å². The van der Waals surface area contributed by atoms with Crippen LogP contribution in [0.3, 0.4) is 0 Å². The van der Waals surface area contributed by atoms with Crippen molar-refractivity contribution >= 4 is 5.97 Å². The molecule has 0 bridgehead atoms. The van der Waals surface area contributed by atoms with Gasteiger partial charge in [0.15, 0.2) is 6.10 Å². The number of hydrogen-bond donors (Lipinski definition) is 0. The standard InChI is InChI=1S/C11H13FO3/c1-7-9(12)5-4-6-10(7)15-8(2)11(13)14-3/h4-6,8H,1-3H3. The quantitative estimate of drug-likeness (QED) is 0.719. The highest BCUT2D eigenvalue weighted by molar-refractivity contribution is 5.74. The molecule has 0 spiro atoms. The third kappa shape index (κ3) is 2.68. The molecule has 0 amide bonds. The Balaban J connectivity index is 2.81. The van der Waals surface area contributed by atoms with Gasteiger partial charge in [0.05, 0.1) is 7.11 Å². The number of ether oxygens (including phenoxy) is 2. The van der Waals surface area contributed by atoms with Gasteiger partial charge in [-0.05, 0) is 26.0 Å². The molecule has 0 radical (unpaired) electrons. The summed E-state index contributed by atoms with van der Waals surface area (Å²) in [6, 6.07) is 4.48. The highest BCUT2D eigenvalue weighted by Crippen LogP contribution is 2.21. The van der Waals surface area contributed by atoms with Crippen molar-refractivity contribution in [3.63, 3.8) is 0 Å². The van der Waals surface area contributed by atoms with E-state index in [1.165, 1.54) is 19.2 Å². The fourth-order valence-corrected chi connectivity index (χ4v) is 1.12. The lowest BCUT2D eigenvalue weighted by molar-refractivity contribution is -0.147. The molecular formula is C11H13FO3. The predicted molar refractivity (Wildman–Crippen MR) is 53.2 cm³/mol. The molecule has 0 aliphatic heterocycles. The van der Waals surface area contributed by atoms with E-state index in [0.29, 0.717) is 11.3 Å². The molecule has 15 heavy (non-hydrogen) atoms. The van der Waals surface area contributed by atoms with Crippen LogP contribution in [-0.4, -0.2) is 19.2 Å². The number of methoxy groups -OCH3 is 1. The van der Waals surface area contributed by atoms with Crippen LogP contribution in [0, 0.1) is 12.7 Å². The van der Waals surface area contributed by atoms with E-state index in [2.05, 4.69) is 4.74 Å². The highest BCUT2D eigenvalue weighted by atomic mass is 19.1. The molecule has 0 saturated carbocycles. The number of benzene rings is 1. The number of esters is 1. The lowest BCUT2D eigenvalue weighted by atomic mass is 10.2. The summed E-state index contributed by atoms with van der Waals surface area (Å²) in [6.45, 7) is 3.14. The van der Waals surface area contributed by atoms with E-state index in [0.717, 1.165) is 0 Å². The topological polar surface area (TPSA) is 35.5 Å². The zero-order valence-corrected chi connectivity index (χ0v) is 8.91. The Hall–Kier alpha value is -1.58. The average molecular weight is 212 g/mol. The number of rotatable bonds is 3. The lowest BCUT2D eigenvalue weighted by Crippen LogP contribution is -2.25. The van der Waals surface area contributed by atoms with Crippen LogP contribution in [0.1, 0.15) is 12.5 Å². The lowest BCUT2D eigenvalue weighted by Gasteiger charge is -2.14. The first-order chi connectivity index (χ1) is 7.06. The normalized spacial score (nSPS) is 12.0. The molecule has 4 heteroatoms. The molecule has 0 aliphatic rings. The number of carbonyl (C=O) groups is 1. The Bertz CT molecular complexity index is 363. The van der Waals surface area contributed by atoms with Crippen LogP contribution < -0.4 is 4.74 Å². The summed E-state index contributed by atoms with van der Waals surface area (Å²) in [7, 11) is 1.28. The van der Waals surface area contributed by atoms with Gasteiger partial charge >= 0.3 is 5.97 Å². The van der Waals surface area contributed by atoms with Crippen LogP contribution in [0.2, 0.25) is 0 Å². The summed E-state index contributed by atoms with van der Waals surface area (Å²) in [6.07, 6.45) is -0.740. The molecule has 1 aromatic rings. The van der Waals surface area contributed by atoms with Crippen molar-refractivity contribution in [3.8, 4) is 5.75 Å². The zero-order chi connectivity index (χ0) is 11.4. The van der Waals surface area contributed by atoms with E-state index in [1.807, 2.05) is 0 Å². The van der Waals surface area contributed by atoms with E-state index in [1.54, 1.807) is 19.9 Å². The number of hydrogen-bond acceptors (Lipinski definition) is 3. The second kappa shape index (κ2) is 4.77. The van der Waals surface area contributed by atoms with Crippen molar-refractivity contribution in [2.75, 3.05) is 7.11 Å². The third-order valence-electron chi connectivity index (χ3n) is 2.05. The van der Waals surface area contributed by atoms with E-state index in [-0.39, 0.29) is 5.82 Å². The molecule has 0 N–H and O–H groups in total. The maximum absolute atomic E-state index is 13.1. The Morgan fingerprint density at radius 3 is 2.73 bits per heavy atom. The molecule has 0 saturated heterocycles. The smallest absolute Gasteiger partial charge is 0.346 e. The van der Waals surface area contributed by atoms with E-state index >= 15 is 0 Å². The minimum Gasteiger partial charge on any atom is -0.479 e. The Morgan fingerprint density at radius 2 is 2.13 bits per heavy atom. The van der Waals surface area contributed by atoms with E-state index in [4.69, 9.17) is 4.74 Å². The summed E-state index contributed by atoms with van der Waals surface area (Å²) in [5, 5.41) is 0. The Kier molecular flexibility index (Phi) is 3.66. The molecule has 0 fully saturated rings. The summed E-state index contributed by atoms with van der Waals surface area (Å²) < 4.78 is 22.9. The van der Waals surface area contributed by atoms with Crippen LogP contribution in [0.5, 0.6) is 5.75 Å². The van der Waals surface area contributed by atoms with Crippen molar-refractivity contribution in [2.45, 2.75) is 20.0 Å². The fourth-order valence-electron chi connectivity index (χ4n) is 1.12. The number of carbonyl (C=O) groups excluding carboxylic acids is 1. The van der Waals surface area contributed by atoms with Gasteiger partial charge in [0.25, 0.3) is 0 Å². The summed E-state index contributed by atoms with van der Waals surface area (Å²) in [5.41, 5.74) is 0.383. The minimum absolute atomic E-state index is 0.355. The van der Waals surface area contributed by atoms with Crippen molar-refractivity contribution < 1.29 is 18.7 Å². The SMILES string of the molecule is COC(=O)C(C)Oc1cccc(F)c1C. The zero-order valence-electron chi connectivity index (χ0n) is 8.91. The largest absolute Gasteiger partial charge is 0.479 e. The Morgan fingerprint density at radius 1 is 1.47 bits per heavy atom.